The molecule has 1 aromatic rings. The Morgan fingerprint density at radius 3 is 2.93 bits per heavy atom. The Bertz CT molecular complexity index is 355. The second-order valence-corrected chi connectivity index (χ2v) is 3.92. The van der Waals surface area contributed by atoms with Gasteiger partial charge in [-0.25, -0.2) is 9.18 Å². The van der Waals surface area contributed by atoms with Gasteiger partial charge in [-0.2, -0.15) is 0 Å². The minimum Gasteiger partial charge on any atom is -0.478 e. The van der Waals surface area contributed by atoms with Crippen LogP contribution in [-0.2, 0) is 4.74 Å². The van der Waals surface area contributed by atoms with Gasteiger partial charge in [0, 0.05) is 17.8 Å². The van der Waals surface area contributed by atoms with Crippen LogP contribution in [0.4, 0.5) is 4.39 Å². The van der Waals surface area contributed by atoms with Crippen molar-refractivity contribution < 1.29 is 19.0 Å². The number of carboxylic acid groups (broad SMARTS) is 1. The summed E-state index contributed by atoms with van der Waals surface area (Å²) in [5.41, 5.74) is -0.00361. The maximum absolute atomic E-state index is 12.8. The summed E-state index contributed by atoms with van der Waals surface area (Å²) in [6.45, 7) is 0.529. The van der Waals surface area contributed by atoms with Crippen LogP contribution < -0.4 is 0 Å². The maximum atomic E-state index is 12.8. The van der Waals surface area contributed by atoms with Crippen LogP contribution in [0, 0.1) is 5.82 Å². The fourth-order valence-corrected chi connectivity index (χ4v) is 1.97. The van der Waals surface area contributed by atoms with E-state index in [4.69, 9.17) is 9.84 Å². The van der Waals surface area contributed by atoms with Gasteiger partial charge in [-0.15, -0.1) is 11.8 Å². The van der Waals surface area contributed by atoms with Crippen molar-refractivity contribution in [3.05, 3.63) is 29.6 Å². The molecule has 15 heavy (non-hydrogen) atoms. The van der Waals surface area contributed by atoms with E-state index in [1.54, 1.807) is 7.11 Å². The normalized spacial score (nSPS) is 10.3. The van der Waals surface area contributed by atoms with Crippen molar-refractivity contribution in [2.45, 2.75) is 4.90 Å². The molecule has 0 unspecified atom stereocenters. The Morgan fingerprint density at radius 1 is 1.60 bits per heavy atom. The summed E-state index contributed by atoms with van der Waals surface area (Å²) in [5.74, 6) is -1.01. The standard InChI is InChI=1S/C10H11FO3S/c1-14-4-5-15-9-3-2-7(11)6-8(9)10(12)13/h2-3,6H,4-5H2,1H3,(H,12,13). The van der Waals surface area contributed by atoms with Gasteiger partial charge >= 0.3 is 5.97 Å². The van der Waals surface area contributed by atoms with Gasteiger partial charge in [-0.3, -0.25) is 0 Å². The van der Waals surface area contributed by atoms with Crippen LogP contribution in [0.15, 0.2) is 23.1 Å². The molecule has 0 heterocycles. The number of ether oxygens (including phenoxy) is 1. The third kappa shape index (κ3) is 3.53. The molecule has 0 saturated heterocycles. The summed E-state index contributed by atoms with van der Waals surface area (Å²) >= 11 is 1.34. The lowest BCUT2D eigenvalue weighted by Crippen LogP contribution is -2.01. The van der Waals surface area contributed by atoms with E-state index in [1.807, 2.05) is 0 Å². The van der Waals surface area contributed by atoms with Crippen molar-refractivity contribution in [3.63, 3.8) is 0 Å². The fourth-order valence-electron chi connectivity index (χ4n) is 1.03. The van der Waals surface area contributed by atoms with Gasteiger partial charge in [0.15, 0.2) is 0 Å². The van der Waals surface area contributed by atoms with Crippen LogP contribution in [0.1, 0.15) is 10.4 Å². The van der Waals surface area contributed by atoms with E-state index in [1.165, 1.54) is 23.9 Å². The van der Waals surface area contributed by atoms with Gasteiger partial charge in [0.1, 0.15) is 5.82 Å². The summed E-state index contributed by atoms with van der Waals surface area (Å²) in [7, 11) is 1.57. The average molecular weight is 230 g/mol. The smallest absolute Gasteiger partial charge is 0.336 e. The summed E-state index contributed by atoms with van der Waals surface area (Å²) in [4.78, 5) is 11.4. The zero-order valence-corrected chi connectivity index (χ0v) is 9.01. The highest BCUT2D eigenvalue weighted by Crippen LogP contribution is 2.23. The molecule has 0 amide bonds. The second kappa shape index (κ2) is 5.72. The van der Waals surface area contributed by atoms with Crippen LogP contribution in [-0.4, -0.2) is 30.5 Å². The van der Waals surface area contributed by atoms with Crippen LogP contribution in [0.3, 0.4) is 0 Å². The highest BCUT2D eigenvalue weighted by atomic mass is 32.2. The number of halogens is 1. The molecule has 0 fully saturated rings. The van der Waals surface area contributed by atoms with E-state index in [-0.39, 0.29) is 5.56 Å². The molecule has 0 saturated carbocycles. The molecule has 0 aliphatic rings. The predicted octanol–water partition coefficient (Wildman–Crippen LogP) is 2.26. The van der Waals surface area contributed by atoms with Crippen molar-refractivity contribution in [3.8, 4) is 0 Å². The van der Waals surface area contributed by atoms with Gasteiger partial charge in [-0.05, 0) is 18.2 Å². The van der Waals surface area contributed by atoms with Gasteiger partial charge in [0.2, 0.25) is 0 Å². The lowest BCUT2D eigenvalue weighted by atomic mass is 10.2. The minimum atomic E-state index is -1.12. The van der Waals surface area contributed by atoms with E-state index >= 15 is 0 Å². The first-order chi connectivity index (χ1) is 7.15. The number of carbonyl (C=O) groups is 1. The van der Waals surface area contributed by atoms with Crippen LogP contribution in [0.25, 0.3) is 0 Å². The molecular weight excluding hydrogens is 219 g/mol. The Hall–Kier alpha value is -1.07. The van der Waals surface area contributed by atoms with E-state index in [0.29, 0.717) is 17.3 Å². The van der Waals surface area contributed by atoms with Gasteiger partial charge in [-0.1, -0.05) is 0 Å². The number of carboxylic acids is 1. The first-order valence-corrected chi connectivity index (χ1v) is 5.28. The summed E-state index contributed by atoms with van der Waals surface area (Å²) in [5, 5.41) is 8.84. The Labute approximate surface area is 91.2 Å². The van der Waals surface area contributed by atoms with Crippen molar-refractivity contribution in [1.29, 1.82) is 0 Å². The Kier molecular flexibility index (Phi) is 4.58. The molecule has 1 N–H and O–H groups in total. The quantitative estimate of drug-likeness (QED) is 0.622. The molecule has 0 atom stereocenters. The van der Waals surface area contributed by atoms with E-state index in [0.717, 1.165) is 6.07 Å². The van der Waals surface area contributed by atoms with Crippen molar-refractivity contribution >= 4 is 17.7 Å². The molecule has 1 rings (SSSR count). The lowest BCUT2D eigenvalue weighted by Gasteiger charge is -2.05. The maximum Gasteiger partial charge on any atom is 0.336 e. The third-order valence-electron chi connectivity index (χ3n) is 1.72. The monoisotopic (exact) mass is 230 g/mol. The van der Waals surface area contributed by atoms with E-state index in [9.17, 15) is 9.18 Å². The zero-order chi connectivity index (χ0) is 11.3. The molecule has 0 bridgehead atoms. The number of aromatic carboxylic acids is 1. The highest BCUT2D eigenvalue weighted by Gasteiger charge is 2.11. The van der Waals surface area contributed by atoms with Crippen LogP contribution in [0.2, 0.25) is 0 Å². The zero-order valence-electron chi connectivity index (χ0n) is 8.20. The highest BCUT2D eigenvalue weighted by molar-refractivity contribution is 7.99. The molecule has 1 aromatic carbocycles. The van der Waals surface area contributed by atoms with Crippen molar-refractivity contribution in [2.75, 3.05) is 19.5 Å². The molecular formula is C10H11FO3S. The molecule has 0 spiro atoms. The molecule has 0 aliphatic heterocycles. The number of thioether (sulfide) groups is 1. The lowest BCUT2D eigenvalue weighted by molar-refractivity contribution is 0.0692. The first kappa shape index (κ1) is 12.0. The predicted molar refractivity (Wildman–Crippen MR) is 56.0 cm³/mol. The molecule has 5 heteroatoms. The summed E-state index contributed by atoms with van der Waals surface area (Å²) < 4.78 is 17.6. The number of benzene rings is 1. The minimum absolute atomic E-state index is 0.00361. The van der Waals surface area contributed by atoms with Crippen molar-refractivity contribution in [2.24, 2.45) is 0 Å². The van der Waals surface area contributed by atoms with Gasteiger partial charge in [0.25, 0.3) is 0 Å². The number of methoxy groups -OCH3 is 1. The molecule has 0 aromatic heterocycles. The number of rotatable bonds is 5. The summed E-state index contributed by atoms with van der Waals surface area (Å²) in [6.07, 6.45) is 0. The molecule has 0 aliphatic carbocycles. The number of hydrogen-bond donors (Lipinski definition) is 1. The molecule has 0 radical (unpaired) electrons. The van der Waals surface area contributed by atoms with E-state index < -0.39 is 11.8 Å². The average Bonchev–Trinajstić information content (AvgIpc) is 2.20. The Morgan fingerprint density at radius 2 is 2.33 bits per heavy atom. The molecule has 3 nitrogen and oxygen atoms in total. The SMILES string of the molecule is COCCSc1ccc(F)cc1C(=O)O. The topological polar surface area (TPSA) is 46.5 Å². The largest absolute Gasteiger partial charge is 0.478 e. The van der Waals surface area contributed by atoms with E-state index in [2.05, 4.69) is 0 Å². The summed E-state index contributed by atoms with van der Waals surface area (Å²) in [6, 6.07) is 3.75. The van der Waals surface area contributed by atoms with Crippen LogP contribution >= 0.6 is 11.8 Å². The second-order valence-electron chi connectivity index (χ2n) is 2.79. The van der Waals surface area contributed by atoms with Gasteiger partial charge < -0.3 is 9.84 Å². The van der Waals surface area contributed by atoms with Gasteiger partial charge in [0.05, 0.1) is 12.2 Å². The third-order valence-corrected chi connectivity index (χ3v) is 2.75. The number of hydrogen-bond acceptors (Lipinski definition) is 3. The molecule has 82 valence electrons. The Balaban J connectivity index is 2.81. The van der Waals surface area contributed by atoms with Crippen molar-refractivity contribution in [1.82, 2.24) is 0 Å². The van der Waals surface area contributed by atoms with Crippen LogP contribution in [0.5, 0.6) is 0 Å². The fraction of sp³-hybridized carbons (Fsp3) is 0.300. The first-order valence-electron chi connectivity index (χ1n) is 4.29.